The molecular weight excluding hydrogens is 256 g/mol. The average molecular weight is 276 g/mol. The van der Waals surface area contributed by atoms with Crippen LogP contribution in [0.3, 0.4) is 0 Å². The van der Waals surface area contributed by atoms with Crippen LogP contribution in [0.2, 0.25) is 0 Å². The smallest absolute Gasteiger partial charge is 0.312 e. The van der Waals surface area contributed by atoms with Crippen LogP contribution in [0, 0.1) is 0 Å². The molecule has 1 unspecified atom stereocenters. The molecule has 0 saturated heterocycles. The molecule has 2 N–H and O–H groups in total. The van der Waals surface area contributed by atoms with E-state index in [9.17, 15) is 14.7 Å². The molecule has 1 aliphatic heterocycles. The number of carboxylic acids is 1. The highest BCUT2D eigenvalue weighted by molar-refractivity contribution is 5.82. The molecule has 0 aromatic heterocycles. The number of carboxylic acid groups (broad SMARTS) is 1. The fraction of sp³-hybridized carbons (Fsp3) is 0.467. The number of fused-ring (bicyclic) bond motifs is 1. The molecule has 5 nitrogen and oxygen atoms in total. The molecule has 1 heterocycles. The summed E-state index contributed by atoms with van der Waals surface area (Å²) in [5.74, 6) is -1.57. The van der Waals surface area contributed by atoms with Crippen LogP contribution in [0.5, 0.6) is 0 Å². The summed E-state index contributed by atoms with van der Waals surface area (Å²) in [5, 5.41) is 12.4. The first-order chi connectivity index (χ1) is 9.49. The monoisotopic (exact) mass is 276 g/mol. The standard InChI is InChI=1S/C15H20N2O3/c1-10(2)16-7-14(18)17-8-11-5-3-4-6-12(11)13(9-17)15(19)20/h3-6,10,13,16H,7-9H2,1-2H3,(H,19,20). The van der Waals surface area contributed by atoms with Crippen LogP contribution in [-0.4, -0.2) is 41.0 Å². The molecule has 1 aliphatic rings. The van der Waals surface area contributed by atoms with Gasteiger partial charge >= 0.3 is 5.97 Å². The van der Waals surface area contributed by atoms with Gasteiger partial charge in [-0.2, -0.15) is 0 Å². The summed E-state index contributed by atoms with van der Waals surface area (Å²) < 4.78 is 0. The van der Waals surface area contributed by atoms with Crippen molar-refractivity contribution in [1.82, 2.24) is 10.2 Å². The largest absolute Gasteiger partial charge is 0.481 e. The third-order valence-electron chi connectivity index (χ3n) is 3.51. The molecule has 20 heavy (non-hydrogen) atoms. The fourth-order valence-corrected chi connectivity index (χ4v) is 2.41. The molecule has 1 atom stereocenters. The lowest BCUT2D eigenvalue weighted by atomic mass is 9.90. The van der Waals surface area contributed by atoms with Gasteiger partial charge in [-0.05, 0) is 11.1 Å². The zero-order chi connectivity index (χ0) is 14.7. The summed E-state index contributed by atoms with van der Waals surface area (Å²) in [6.45, 7) is 4.91. The van der Waals surface area contributed by atoms with E-state index in [1.54, 1.807) is 4.90 Å². The second kappa shape index (κ2) is 6.05. The van der Waals surface area contributed by atoms with Gasteiger partial charge in [0.05, 0.1) is 12.5 Å². The van der Waals surface area contributed by atoms with Crippen LogP contribution in [0.4, 0.5) is 0 Å². The number of amides is 1. The third-order valence-corrected chi connectivity index (χ3v) is 3.51. The van der Waals surface area contributed by atoms with Crippen LogP contribution in [0.1, 0.15) is 30.9 Å². The van der Waals surface area contributed by atoms with Gasteiger partial charge in [0, 0.05) is 19.1 Å². The Kier molecular flexibility index (Phi) is 4.39. The van der Waals surface area contributed by atoms with Crippen molar-refractivity contribution in [1.29, 1.82) is 0 Å². The number of aliphatic carboxylic acids is 1. The number of hydrogen-bond donors (Lipinski definition) is 2. The SMILES string of the molecule is CC(C)NCC(=O)N1Cc2ccccc2C(C(=O)O)C1. The molecule has 1 aromatic rings. The zero-order valence-electron chi connectivity index (χ0n) is 11.8. The summed E-state index contributed by atoms with van der Waals surface area (Å²) in [6, 6.07) is 7.67. The highest BCUT2D eigenvalue weighted by atomic mass is 16.4. The quantitative estimate of drug-likeness (QED) is 0.867. The molecule has 108 valence electrons. The van der Waals surface area contributed by atoms with Gasteiger partial charge in [-0.1, -0.05) is 38.1 Å². The van der Waals surface area contributed by atoms with Crippen LogP contribution in [0.15, 0.2) is 24.3 Å². The summed E-state index contributed by atoms with van der Waals surface area (Å²) in [5.41, 5.74) is 1.74. The van der Waals surface area contributed by atoms with Gasteiger partial charge in [-0.3, -0.25) is 9.59 Å². The summed E-state index contributed by atoms with van der Waals surface area (Å²) in [7, 11) is 0. The van der Waals surface area contributed by atoms with Gasteiger partial charge in [-0.25, -0.2) is 0 Å². The van der Waals surface area contributed by atoms with E-state index in [1.165, 1.54) is 0 Å². The van der Waals surface area contributed by atoms with Crippen LogP contribution >= 0.6 is 0 Å². The number of nitrogens with zero attached hydrogens (tertiary/aromatic N) is 1. The summed E-state index contributed by atoms with van der Waals surface area (Å²) in [6.07, 6.45) is 0. The van der Waals surface area contributed by atoms with Gasteiger partial charge in [0.1, 0.15) is 0 Å². The number of carbonyl (C=O) groups excluding carboxylic acids is 1. The van der Waals surface area contributed by atoms with Crippen molar-refractivity contribution < 1.29 is 14.7 Å². The highest BCUT2D eigenvalue weighted by Crippen LogP contribution is 2.28. The van der Waals surface area contributed by atoms with Crippen molar-refractivity contribution in [3.05, 3.63) is 35.4 Å². The maximum absolute atomic E-state index is 12.2. The van der Waals surface area contributed by atoms with E-state index in [2.05, 4.69) is 5.32 Å². The van der Waals surface area contributed by atoms with Gasteiger partial charge in [-0.15, -0.1) is 0 Å². The Labute approximate surface area is 118 Å². The van der Waals surface area contributed by atoms with E-state index in [4.69, 9.17) is 0 Å². The maximum Gasteiger partial charge on any atom is 0.312 e. The molecule has 0 fully saturated rings. The molecule has 0 spiro atoms. The predicted molar refractivity (Wildman–Crippen MR) is 75.4 cm³/mol. The van der Waals surface area contributed by atoms with E-state index in [0.29, 0.717) is 6.54 Å². The Bertz CT molecular complexity index is 514. The van der Waals surface area contributed by atoms with E-state index in [0.717, 1.165) is 11.1 Å². The number of nitrogens with one attached hydrogen (secondary N) is 1. The van der Waals surface area contributed by atoms with Crippen molar-refractivity contribution in [3.63, 3.8) is 0 Å². The number of rotatable bonds is 4. The minimum Gasteiger partial charge on any atom is -0.481 e. The average Bonchev–Trinajstić information content (AvgIpc) is 2.43. The number of carbonyl (C=O) groups is 2. The second-order valence-electron chi connectivity index (χ2n) is 5.40. The van der Waals surface area contributed by atoms with E-state index >= 15 is 0 Å². The zero-order valence-corrected chi connectivity index (χ0v) is 11.8. The first-order valence-corrected chi connectivity index (χ1v) is 6.80. The van der Waals surface area contributed by atoms with Gasteiger partial charge < -0.3 is 15.3 Å². The normalized spacial score (nSPS) is 17.9. The second-order valence-corrected chi connectivity index (χ2v) is 5.40. The Hall–Kier alpha value is -1.88. The van der Waals surface area contributed by atoms with Gasteiger partial charge in [0.25, 0.3) is 0 Å². The first kappa shape index (κ1) is 14.5. The molecule has 0 radical (unpaired) electrons. The molecule has 0 bridgehead atoms. The van der Waals surface area contributed by atoms with Gasteiger partial charge in [0.2, 0.25) is 5.91 Å². The van der Waals surface area contributed by atoms with Crippen molar-refractivity contribution in [2.75, 3.05) is 13.1 Å². The molecule has 1 aromatic carbocycles. The van der Waals surface area contributed by atoms with Crippen molar-refractivity contribution in [3.8, 4) is 0 Å². The molecule has 2 rings (SSSR count). The van der Waals surface area contributed by atoms with Crippen LogP contribution in [-0.2, 0) is 16.1 Å². The van der Waals surface area contributed by atoms with Crippen LogP contribution < -0.4 is 5.32 Å². The lowest BCUT2D eigenvalue weighted by molar-refractivity contribution is -0.141. The molecule has 0 aliphatic carbocycles. The number of hydrogen-bond acceptors (Lipinski definition) is 3. The summed E-state index contributed by atoms with van der Waals surface area (Å²) >= 11 is 0. The Balaban J connectivity index is 2.16. The van der Waals surface area contributed by atoms with Gasteiger partial charge in [0.15, 0.2) is 0 Å². The predicted octanol–water partition coefficient (Wildman–Crippen LogP) is 1.19. The number of benzene rings is 1. The van der Waals surface area contributed by atoms with Crippen molar-refractivity contribution in [2.45, 2.75) is 32.4 Å². The minimum absolute atomic E-state index is 0.0561. The van der Waals surface area contributed by atoms with Crippen LogP contribution in [0.25, 0.3) is 0 Å². The molecule has 0 saturated carbocycles. The maximum atomic E-state index is 12.2. The summed E-state index contributed by atoms with van der Waals surface area (Å²) in [4.78, 5) is 25.2. The molecular formula is C15H20N2O3. The fourth-order valence-electron chi connectivity index (χ4n) is 2.41. The Morgan fingerprint density at radius 3 is 2.75 bits per heavy atom. The topological polar surface area (TPSA) is 69.6 Å². The Morgan fingerprint density at radius 2 is 2.10 bits per heavy atom. The van der Waals surface area contributed by atoms with E-state index in [1.807, 2.05) is 38.1 Å². The molecule has 5 heteroatoms. The lowest BCUT2D eigenvalue weighted by Gasteiger charge is -2.33. The highest BCUT2D eigenvalue weighted by Gasteiger charge is 2.32. The lowest BCUT2D eigenvalue weighted by Crippen LogP contribution is -2.45. The first-order valence-electron chi connectivity index (χ1n) is 6.80. The Morgan fingerprint density at radius 1 is 1.40 bits per heavy atom. The van der Waals surface area contributed by atoms with Crippen molar-refractivity contribution >= 4 is 11.9 Å². The van der Waals surface area contributed by atoms with Crippen molar-refractivity contribution in [2.24, 2.45) is 0 Å². The van der Waals surface area contributed by atoms with E-state index < -0.39 is 11.9 Å². The third kappa shape index (κ3) is 3.17. The molecule has 1 amide bonds. The van der Waals surface area contributed by atoms with E-state index in [-0.39, 0.29) is 25.0 Å². The minimum atomic E-state index is -0.883.